The Balaban J connectivity index is 2.77. The van der Waals surface area contributed by atoms with E-state index in [-0.39, 0.29) is 0 Å². The standard InChI is InChI=1S/C11H16NO4P/c1-2-6-11(12-9-13)17(14,15)16-10-7-4-3-5-8-10/h3-5,7-9,11H,2,6H2,1H3,(H,12,13)(H,14,15). The molecule has 0 fully saturated rings. The molecular weight excluding hydrogens is 241 g/mol. The molecule has 94 valence electrons. The number of nitrogens with one attached hydrogen (secondary N) is 1. The van der Waals surface area contributed by atoms with E-state index in [1.54, 1.807) is 30.3 Å². The van der Waals surface area contributed by atoms with Gasteiger partial charge in [0.25, 0.3) is 0 Å². The molecule has 0 aliphatic rings. The van der Waals surface area contributed by atoms with E-state index in [1.807, 2.05) is 6.92 Å². The van der Waals surface area contributed by atoms with Crippen molar-refractivity contribution in [2.45, 2.75) is 25.5 Å². The lowest BCUT2D eigenvalue weighted by Gasteiger charge is -2.21. The summed E-state index contributed by atoms with van der Waals surface area (Å²) in [5.74, 6) is -0.558. The van der Waals surface area contributed by atoms with Crippen LogP contribution in [-0.4, -0.2) is 17.1 Å². The van der Waals surface area contributed by atoms with Crippen LogP contribution in [0.15, 0.2) is 30.3 Å². The molecule has 1 aromatic carbocycles. The third kappa shape index (κ3) is 4.21. The highest BCUT2D eigenvalue weighted by molar-refractivity contribution is 7.54. The smallest absolute Gasteiger partial charge is 0.398 e. The number of amides is 1. The van der Waals surface area contributed by atoms with E-state index in [9.17, 15) is 14.3 Å². The Hall–Kier alpha value is -1.32. The minimum absolute atomic E-state index is 0.312. The maximum atomic E-state index is 12.0. The largest absolute Gasteiger partial charge is 0.423 e. The molecule has 0 aliphatic heterocycles. The predicted molar refractivity (Wildman–Crippen MR) is 64.8 cm³/mol. The summed E-state index contributed by atoms with van der Waals surface area (Å²) in [5.41, 5.74) is 0. The monoisotopic (exact) mass is 257 g/mol. The van der Waals surface area contributed by atoms with Crippen LogP contribution >= 0.6 is 7.60 Å². The van der Waals surface area contributed by atoms with Gasteiger partial charge in [0.05, 0.1) is 0 Å². The zero-order valence-electron chi connectivity index (χ0n) is 9.57. The van der Waals surface area contributed by atoms with E-state index in [4.69, 9.17) is 4.52 Å². The maximum Gasteiger partial charge on any atom is 0.398 e. The van der Waals surface area contributed by atoms with Crippen LogP contribution in [0.25, 0.3) is 0 Å². The van der Waals surface area contributed by atoms with Crippen LogP contribution in [-0.2, 0) is 9.36 Å². The summed E-state index contributed by atoms with van der Waals surface area (Å²) in [6.07, 6.45) is 1.48. The molecule has 0 aliphatic carbocycles. The van der Waals surface area contributed by atoms with Gasteiger partial charge in [-0.3, -0.25) is 4.79 Å². The number of para-hydroxylation sites is 1. The van der Waals surface area contributed by atoms with E-state index in [0.717, 1.165) is 0 Å². The minimum atomic E-state index is -3.90. The Kier molecular flexibility index (Phi) is 5.19. The summed E-state index contributed by atoms with van der Waals surface area (Å²) in [4.78, 5) is 20.2. The lowest BCUT2D eigenvalue weighted by Crippen LogP contribution is -2.29. The van der Waals surface area contributed by atoms with E-state index >= 15 is 0 Å². The molecule has 0 saturated carbocycles. The average molecular weight is 257 g/mol. The van der Waals surface area contributed by atoms with E-state index in [1.165, 1.54) is 0 Å². The quantitative estimate of drug-likeness (QED) is 0.579. The first-order chi connectivity index (χ1) is 8.10. The van der Waals surface area contributed by atoms with Gasteiger partial charge in [-0.25, -0.2) is 4.57 Å². The average Bonchev–Trinajstić information content (AvgIpc) is 2.29. The van der Waals surface area contributed by atoms with Crippen LogP contribution in [0.3, 0.4) is 0 Å². The van der Waals surface area contributed by atoms with Crippen LogP contribution in [0.2, 0.25) is 0 Å². The fourth-order valence-corrected chi connectivity index (χ4v) is 2.77. The number of hydrogen-bond acceptors (Lipinski definition) is 3. The van der Waals surface area contributed by atoms with E-state index < -0.39 is 13.4 Å². The first-order valence-electron chi connectivity index (χ1n) is 5.37. The molecule has 1 rings (SSSR count). The van der Waals surface area contributed by atoms with Crippen molar-refractivity contribution in [3.8, 4) is 5.75 Å². The Morgan fingerprint density at radius 2 is 2.12 bits per heavy atom. The number of carbonyl (C=O) groups is 1. The fourth-order valence-electron chi connectivity index (χ4n) is 1.39. The second-order valence-electron chi connectivity index (χ2n) is 3.56. The van der Waals surface area contributed by atoms with E-state index in [2.05, 4.69) is 5.32 Å². The molecule has 5 nitrogen and oxygen atoms in total. The summed E-state index contributed by atoms with van der Waals surface area (Å²) in [6, 6.07) is 8.37. The van der Waals surface area contributed by atoms with Crippen molar-refractivity contribution in [2.24, 2.45) is 0 Å². The Bertz CT molecular complexity index is 396. The lowest BCUT2D eigenvalue weighted by molar-refractivity contribution is -0.109. The molecule has 2 N–H and O–H groups in total. The summed E-state index contributed by atoms with van der Waals surface area (Å²) in [7, 11) is -3.90. The van der Waals surface area contributed by atoms with Crippen molar-refractivity contribution >= 4 is 14.0 Å². The highest BCUT2D eigenvalue weighted by Gasteiger charge is 2.32. The maximum absolute atomic E-state index is 12.0. The van der Waals surface area contributed by atoms with Crippen LogP contribution in [0.1, 0.15) is 19.8 Å². The Morgan fingerprint density at radius 1 is 1.47 bits per heavy atom. The molecule has 1 aromatic rings. The van der Waals surface area contributed by atoms with Gasteiger partial charge >= 0.3 is 7.60 Å². The van der Waals surface area contributed by atoms with Crippen molar-refractivity contribution < 1.29 is 18.8 Å². The molecule has 6 heteroatoms. The summed E-state index contributed by atoms with van der Waals surface area (Å²) < 4.78 is 17.0. The lowest BCUT2D eigenvalue weighted by atomic mass is 10.3. The van der Waals surface area contributed by atoms with Crippen LogP contribution < -0.4 is 9.84 Å². The summed E-state index contributed by atoms with van der Waals surface area (Å²) >= 11 is 0. The highest BCUT2D eigenvalue weighted by Crippen LogP contribution is 2.47. The second-order valence-corrected chi connectivity index (χ2v) is 5.49. The fraction of sp³-hybridized carbons (Fsp3) is 0.364. The van der Waals surface area contributed by atoms with Crippen LogP contribution in [0.4, 0.5) is 0 Å². The molecule has 0 aromatic heterocycles. The normalized spacial score (nSPS) is 15.6. The SMILES string of the molecule is CCCC(NC=O)P(=O)(O)Oc1ccccc1. The second kappa shape index (κ2) is 6.42. The number of rotatable bonds is 7. The third-order valence-corrected chi connectivity index (χ3v) is 3.86. The molecule has 0 spiro atoms. The summed E-state index contributed by atoms with van der Waals surface area (Å²) in [5, 5.41) is 2.33. The van der Waals surface area contributed by atoms with Gasteiger partial charge in [-0.2, -0.15) is 0 Å². The van der Waals surface area contributed by atoms with Crippen molar-refractivity contribution in [1.29, 1.82) is 0 Å². The van der Waals surface area contributed by atoms with Crippen LogP contribution in [0.5, 0.6) is 5.75 Å². The first kappa shape index (κ1) is 13.7. The molecule has 17 heavy (non-hydrogen) atoms. The van der Waals surface area contributed by atoms with Crippen molar-refractivity contribution in [3.05, 3.63) is 30.3 Å². The first-order valence-corrected chi connectivity index (χ1v) is 7.01. The van der Waals surface area contributed by atoms with E-state index in [0.29, 0.717) is 25.0 Å². The van der Waals surface area contributed by atoms with Gasteiger partial charge < -0.3 is 14.7 Å². The predicted octanol–water partition coefficient (Wildman–Crippen LogP) is 2.12. The Labute approximate surface area is 100 Å². The molecular formula is C11H16NO4P. The zero-order chi connectivity index (χ0) is 12.7. The van der Waals surface area contributed by atoms with Gasteiger partial charge in [0, 0.05) is 0 Å². The molecule has 0 heterocycles. The number of hydrogen-bond donors (Lipinski definition) is 2. The molecule has 0 radical (unpaired) electrons. The van der Waals surface area contributed by atoms with Gasteiger partial charge in [-0.1, -0.05) is 31.5 Å². The third-order valence-electron chi connectivity index (χ3n) is 2.20. The molecule has 2 atom stereocenters. The van der Waals surface area contributed by atoms with Gasteiger partial charge in [-0.15, -0.1) is 0 Å². The van der Waals surface area contributed by atoms with Crippen LogP contribution in [0, 0.1) is 0 Å². The van der Waals surface area contributed by atoms with Crippen molar-refractivity contribution in [2.75, 3.05) is 0 Å². The zero-order valence-corrected chi connectivity index (χ0v) is 10.5. The molecule has 1 amide bonds. The topological polar surface area (TPSA) is 75.6 Å². The van der Waals surface area contributed by atoms with Gasteiger partial charge in [0.1, 0.15) is 11.5 Å². The van der Waals surface area contributed by atoms with Gasteiger partial charge in [0.15, 0.2) is 0 Å². The molecule has 0 bridgehead atoms. The van der Waals surface area contributed by atoms with Gasteiger partial charge in [-0.05, 0) is 18.6 Å². The number of benzene rings is 1. The minimum Gasteiger partial charge on any atom is -0.423 e. The number of carbonyl (C=O) groups excluding carboxylic acids is 1. The molecule has 2 unspecified atom stereocenters. The van der Waals surface area contributed by atoms with Crippen molar-refractivity contribution in [3.63, 3.8) is 0 Å². The Morgan fingerprint density at radius 3 is 2.65 bits per heavy atom. The summed E-state index contributed by atoms with van der Waals surface area (Å²) in [6.45, 7) is 1.86. The molecule has 0 saturated heterocycles. The highest BCUT2D eigenvalue weighted by atomic mass is 31.2. The van der Waals surface area contributed by atoms with Crippen molar-refractivity contribution in [1.82, 2.24) is 5.32 Å². The van der Waals surface area contributed by atoms with Gasteiger partial charge in [0.2, 0.25) is 6.41 Å².